The molecule has 0 amide bonds. The summed E-state index contributed by atoms with van der Waals surface area (Å²) in [4.78, 5) is 11.7. The number of carbonyl (C=O) groups is 1. The number of anilines is 1. The number of para-hydroxylation sites is 1. The average molecular weight is 462 g/mol. The molecule has 0 fully saturated rings. The Morgan fingerprint density at radius 3 is 2.00 bits per heavy atom. The van der Waals surface area contributed by atoms with E-state index >= 15 is 0 Å². The molecule has 1 aromatic carbocycles. The van der Waals surface area contributed by atoms with Crippen molar-refractivity contribution in [3.63, 3.8) is 0 Å². The maximum atomic E-state index is 12.1. The Labute approximate surface area is 213 Å². The summed E-state index contributed by atoms with van der Waals surface area (Å²) in [5, 5.41) is 0. The molecule has 0 heterocycles. The van der Waals surface area contributed by atoms with Gasteiger partial charge in [-0.25, -0.2) is 0 Å². The molecule has 0 spiro atoms. The van der Waals surface area contributed by atoms with Crippen LogP contribution < -0.4 is 35.3 Å². The molecule has 1 rings (SSSR count). The maximum Gasteiger partial charge on any atom is 1.00 e. The first kappa shape index (κ1) is 30.2. The first-order chi connectivity index (χ1) is 14.5. The Hall–Kier alpha value is -0.820. The van der Waals surface area contributed by atoms with Crippen LogP contribution in [-0.2, 0) is 19.1 Å². The number of nitrogens with two attached hydrogens (primary N) is 1. The standard InChI is InChI=1S/C24H39NO4S.Na.H/c1-2-3-4-5-6-7-8-9-10-11-12-13-14-15-16-21-24(26)29-30(27,28)23-20-18-17-19-22(23)25;;/h9-10,17-20H,2-8,11-16,21,25H2,1H3;;/q;+1;-1/b10-9-;;. The van der Waals surface area contributed by atoms with Gasteiger partial charge in [0.05, 0.1) is 5.69 Å². The second-order valence-electron chi connectivity index (χ2n) is 7.78. The molecule has 0 bridgehead atoms. The summed E-state index contributed by atoms with van der Waals surface area (Å²) >= 11 is 0. The van der Waals surface area contributed by atoms with Crippen molar-refractivity contribution in [3.8, 4) is 0 Å². The predicted molar refractivity (Wildman–Crippen MR) is 125 cm³/mol. The van der Waals surface area contributed by atoms with Crippen LogP contribution >= 0.6 is 0 Å². The molecule has 0 saturated carbocycles. The van der Waals surface area contributed by atoms with Crippen LogP contribution in [0.25, 0.3) is 0 Å². The molecule has 0 aromatic heterocycles. The minimum absolute atomic E-state index is 0. The van der Waals surface area contributed by atoms with Crippen LogP contribution in [0.4, 0.5) is 5.69 Å². The van der Waals surface area contributed by atoms with Crippen molar-refractivity contribution in [3.05, 3.63) is 36.4 Å². The van der Waals surface area contributed by atoms with Gasteiger partial charge in [0.15, 0.2) is 0 Å². The van der Waals surface area contributed by atoms with Gasteiger partial charge < -0.3 is 11.3 Å². The fraction of sp³-hybridized carbons (Fsp3) is 0.625. The molecule has 0 aliphatic rings. The molecular weight excluding hydrogens is 421 g/mol. The van der Waals surface area contributed by atoms with Gasteiger partial charge in [-0.15, -0.1) is 0 Å². The van der Waals surface area contributed by atoms with Crippen LogP contribution in [0.1, 0.15) is 98.2 Å². The van der Waals surface area contributed by atoms with E-state index in [1.165, 1.54) is 57.1 Å². The van der Waals surface area contributed by atoms with Crippen molar-refractivity contribution >= 4 is 21.8 Å². The Balaban J connectivity index is 0. The van der Waals surface area contributed by atoms with E-state index in [0.717, 1.165) is 32.1 Å². The van der Waals surface area contributed by atoms with Crippen molar-refractivity contribution < 1.29 is 48.4 Å². The second kappa shape index (κ2) is 18.7. The molecule has 172 valence electrons. The third kappa shape index (κ3) is 14.8. The monoisotopic (exact) mass is 461 g/mol. The van der Waals surface area contributed by atoms with Crippen LogP contribution in [0.5, 0.6) is 0 Å². The summed E-state index contributed by atoms with van der Waals surface area (Å²) in [7, 11) is -4.14. The minimum Gasteiger partial charge on any atom is -1.00 e. The Morgan fingerprint density at radius 2 is 1.42 bits per heavy atom. The van der Waals surface area contributed by atoms with E-state index in [-0.39, 0.29) is 48.0 Å². The summed E-state index contributed by atoms with van der Waals surface area (Å²) in [6.45, 7) is 2.24. The molecule has 2 N–H and O–H groups in total. The number of rotatable bonds is 17. The SMILES string of the molecule is CCCCCCCC/C=C\CCCCCCCC(=O)OS(=O)(=O)c1ccccc1N.[H-].[Na+]. The van der Waals surface area contributed by atoms with E-state index in [1.54, 1.807) is 12.1 Å². The molecule has 0 unspecified atom stereocenters. The molecule has 0 atom stereocenters. The van der Waals surface area contributed by atoms with Crippen molar-refractivity contribution in [2.24, 2.45) is 0 Å². The van der Waals surface area contributed by atoms with Crippen LogP contribution in [-0.4, -0.2) is 14.4 Å². The third-order valence-electron chi connectivity index (χ3n) is 5.03. The van der Waals surface area contributed by atoms with Gasteiger partial charge >= 0.3 is 45.6 Å². The second-order valence-corrected chi connectivity index (χ2v) is 9.30. The normalized spacial score (nSPS) is 11.4. The zero-order valence-corrected chi connectivity index (χ0v) is 22.3. The summed E-state index contributed by atoms with van der Waals surface area (Å²) in [6, 6.07) is 5.97. The minimum atomic E-state index is -4.14. The average Bonchev–Trinajstić information content (AvgIpc) is 2.70. The summed E-state index contributed by atoms with van der Waals surface area (Å²) in [5.41, 5.74) is 5.72. The van der Waals surface area contributed by atoms with Crippen molar-refractivity contribution in [1.82, 2.24) is 0 Å². The quantitative estimate of drug-likeness (QED) is 0.126. The van der Waals surface area contributed by atoms with Crippen LogP contribution in [0.2, 0.25) is 0 Å². The number of benzene rings is 1. The number of carbonyl (C=O) groups excluding carboxylic acids is 1. The van der Waals surface area contributed by atoms with Crippen LogP contribution in [0, 0.1) is 0 Å². The number of hydrogen-bond donors (Lipinski definition) is 1. The maximum absolute atomic E-state index is 12.1. The molecule has 0 saturated heterocycles. The molecular formula is C24H40NNaO4S. The molecule has 0 radical (unpaired) electrons. The first-order valence-corrected chi connectivity index (χ1v) is 12.8. The van der Waals surface area contributed by atoms with Gasteiger partial charge in [-0.05, 0) is 44.2 Å². The molecule has 0 aliphatic heterocycles. The fourth-order valence-electron chi connectivity index (χ4n) is 3.26. The van der Waals surface area contributed by atoms with Gasteiger partial charge in [0.25, 0.3) is 0 Å². The number of unbranched alkanes of at least 4 members (excludes halogenated alkanes) is 11. The Bertz CT molecular complexity index is 741. The fourth-order valence-corrected chi connectivity index (χ4v) is 4.28. The number of allylic oxidation sites excluding steroid dienone is 2. The number of nitrogen functional groups attached to an aromatic ring is 1. The van der Waals surface area contributed by atoms with E-state index in [0.29, 0.717) is 6.42 Å². The van der Waals surface area contributed by atoms with Gasteiger partial charge in [-0.1, -0.05) is 82.6 Å². The van der Waals surface area contributed by atoms with E-state index in [4.69, 9.17) is 5.73 Å². The summed E-state index contributed by atoms with van der Waals surface area (Å²) in [5.74, 6) is -0.726. The zero-order chi connectivity index (χ0) is 22.1. The smallest absolute Gasteiger partial charge is 1.00 e. The molecule has 31 heavy (non-hydrogen) atoms. The van der Waals surface area contributed by atoms with Crippen LogP contribution in [0.3, 0.4) is 0 Å². The summed E-state index contributed by atoms with van der Waals surface area (Å²) < 4.78 is 28.9. The Kier molecular flexibility index (Phi) is 18.2. The Morgan fingerprint density at radius 1 is 0.903 bits per heavy atom. The van der Waals surface area contributed by atoms with E-state index in [1.807, 2.05) is 0 Å². The van der Waals surface area contributed by atoms with Gasteiger partial charge in [-0.3, -0.25) is 4.79 Å². The molecule has 0 aliphatic carbocycles. The first-order valence-electron chi connectivity index (χ1n) is 11.4. The molecule has 7 heteroatoms. The summed E-state index contributed by atoms with van der Waals surface area (Å²) in [6.07, 6.45) is 19.8. The van der Waals surface area contributed by atoms with E-state index < -0.39 is 16.1 Å². The number of hydrogen-bond acceptors (Lipinski definition) is 5. The molecule has 5 nitrogen and oxygen atoms in total. The van der Waals surface area contributed by atoms with Crippen molar-refractivity contribution in [1.29, 1.82) is 0 Å². The predicted octanol–water partition coefficient (Wildman–Crippen LogP) is 3.65. The van der Waals surface area contributed by atoms with Crippen molar-refractivity contribution in [2.45, 2.75) is 102 Å². The zero-order valence-electron chi connectivity index (χ0n) is 20.5. The largest absolute Gasteiger partial charge is 1.00 e. The van der Waals surface area contributed by atoms with Gasteiger partial charge in [-0.2, -0.15) is 8.42 Å². The topological polar surface area (TPSA) is 86.5 Å². The van der Waals surface area contributed by atoms with Gasteiger partial charge in [0, 0.05) is 6.42 Å². The third-order valence-corrected chi connectivity index (χ3v) is 6.35. The van der Waals surface area contributed by atoms with Gasteiger partial charge in [0.1, 0.15) is 4.90 Å². The van der Waals surface area contributed by atoms with Crippen molar-refractivity contribution in [2.75, 3.05) is 5.73 Å². The van der Waals surface area contributed by atoms with Crippen LogP contribution in [0.15, 0.2) is 41.3 Å². The van der Waals surface area contributed by atoms with E-state index in [2.05, 4.69) is 23.3 Å². The molecule has 1 aromatic rings. The van der Waals surface area contributed by atoms with Gasteiger partial charge in [0.2, 0.25) is 0 Å². The van der Waals surface area contributed by atoms with E-state index in [9.17, 15) is 13.2 Å².